The van der Waals surface area contributed by atoms with Crippen LogP contribution in [0.15, 0.2) is 0 Å². The van der Waals surface area contributed by atoms with Crippen LogP contribution in [0.4, 0.5) is 0 Å². The third kappa shape index (κ3) is 28.6. The van der Waals surface area contributed by atoms with E-state index in [1.54, 1.807) is 0 Å². The predicted molar refractivity (Wildman–Crippen MR) is 221 cm³/mol. The maximum absolute atomic E-state index is 13.6. The Hall–Kier alpha value is 0.220. The molecule has 0 saturated carbocycles. The van der Waals surface area contributed by atoms with Crippen LogP contribution in [-0.4, -0.2) is 39.6 Å². The first-order chi connectivity index (χ1) is 25.2. The summed E-state index contributed by atoms with van der Waals surface area (Å²) in [6.45, 7) is 20.0. The maximum atomic E-state index is 13.6. The number of rotatable bonds is 41. The van der Waals surface area contributed by atoms with Crippen molar-refractivity contribution in [3.05, 3.63) is 0 Å². The van der Waals surface area contributed by atoms with Crippen molar-refractivity contribution in [2.45, 2.75) is 209 Å². The smallest absolute Gasteiger partial charge is 0.287 e. The molecule has 0 N–H and O–H groups in total. The molecule has 4 unspecified atom stereocenters. The zero-order valence-corrected chi connectivity index (χ0v) is 37.5. The summed E-state index contributed by atoms with van der Waals surface area (Å²) < 4.78 is 62.9. The standard InChI is InChI=1S/C42H88O8P2/c1-9-17-29-39(13-5)35-47-51(43,48-36-40(14-6)30-18-10-2)45-33-27-25-23-21-22-24-26-28-34-46-52(44,49-37-41(15-7)31-19-11-3)50-38-42(16-8)32-20-12-4/h39-42H,9-38H2,1-8H3. The van der Waals surface area contributed by atoms with E-state index in [0.717, 1.165) is 154 Å². The Balaban J connectivity index is 4.62. The van der Waals surface area contributed by atoms with Gasteiger partial charge in [0.05, 0.1) is 39.6 Å². The van der Waals surface area contributed by atoms with Crippen molar-refractivity contribution in [3.8, 4) is 0 Å². The molecular weight excluding hydrogens is 694 g/mol. The van der Waals surface area contributed by atoms with Gasteiger partial charge >= 0.3 is 15.6 Å². The normalized spacial score (nSPS) is 16.7. The van der Waals surface area contributed by atoms with Crippen LogP contribution in [0.5, 0.6) is 0 Å². The number of phosphoric ester groups is 2. The number of hydrogen-bond donors (Lipinski definition) is 0. The molecule has 0 aliphatic heterocycles. The van der Waals surface area contributed by atoms with Gasteiger partial charge in [0.1, 0.15) is 0 Å². The van der Waals surface area contributed by atoms with Crippen LogP contribution in [0.3, 0.4) is 0 Å². The van der Waals surface area contributed by atoms with Crippen LogP contribution in [0.1, 0.15) is 209 Å². The molecule has 0 radical (unpaired) electrons. The molecule has 0 aliphatic carbocycles. The SMILES string of the molecule is CCCCC(CC)COP(=O)(OCCCCCCCCCCOP(=O)(OCC(CC)CCCC)OCC(CC)CCCC)OCC(CC)CCCC. The quantitative estimate of drug-likeness (QED) is 0.0447. The van der Waals surface area contributed by atoms with Gasteiger partial charge in [-0.2, -0.15) is 0 Å². The zero-order chi connectivity index (χ0) is 38.8. The third-order valence-corrected chi connectivity index (χ3v) is 13.4. The molecule has 314 valence electrons. The van der Waals surface area contributed by atoms with Gasteiger partial charge in [0.25, 0.3) is 0 Å². The largest absolute Gasteiger partial charge is 0.474 e. The lowest BCUT2D eigenvalue weighted by Gasteiger charge is -2.23. The van der Waals surface area contributed by atoms with Crippen molar-refractivity contribution < 1.29 is 36.3 Å². The second-order valence-electron chi connectivity index (χ2n) is 15.2. The van der Waals surface area contributed by atoms with E-state index in [2.05, 4.69) is 55.4 Å². The lowest BCUT2D eigenvalue weighted by atomic mass is 10.0. The fourth-order valence-electron chi connectivity index (χ4n) is 6.22. The summed E-state index contributed by atoms with van der Waals surface area (Å²) in [6, 6.07) is 0. The van der Waals surface area contributed by atoms with E-state index in [4.69, 9.17) is 27.1 Å². The van der Waals surface area contributed by atoms with Crippen molar-refractivity contribution in [1.29, 1.82) is 0 Å². The van der Waals surface area contributed by atoms with Crippen molar-refractivity contribution in [1.82, 2.24) is 0 Å². The molecule has 10 heteroatoms. The number of hydrogen-bond acceptors (Lipinski definition) is 8. The van der Waals surface area contributed by atoms with Crippen molar-refractivity contribution in [2.75, 3.05) is 39.6 Å². The molecule has 0 spiro atoms. The highest BCUT2D eigenvalue weighted by molar-refractivity contribution is 7.48. The molecule has 0 aromatic rings. The van der Waals surface area contributed by atoms with Crippen LogP contribution >= 0.6 is 15.6 Å². The highest BCUT2D eigenvalue weighted by Crippen LogP contribution is 2.52. The Morgan fingerprint density at radius 1 is 0.327 bits per heavy atom. The Kier molecular flexibility index (Phi) is 35.8. The molecule has 4 atom stereocenters. The lowest BCUT2D eigenvalue weighted by molar-refractivity contribution is 0.0822. The van der Waals surface area contributed by atoms with Crippen molar-refractivity contribution >= 4 is 15.6 Å². The van der Waals surface area contributed by atoms with Gasteiger partial charge in [-0.25, -0.2) is 9.13 Å². The Labute approximate surface area is 323 Å². The predicted octanol–water partition coefficient (Wildman–Crippen LogP) is 15.3. The van der Waals surface area contributed by atoms with Crippen LogP contribution < -0.4 is 0 Å². The summed E-state index contributed by atoms with van der Waals surface area (Å²) in [5.74, 6) is 1.51. The maximum Gasteiger partial charge on any atom is 0.474 e. The molecular formula is C42H88O8P2. The monoisotopic (exact) mass is 783 g/mol. The molecule has 0 heterocycles. The fourth-order valence-corrected chi connectivity index (χ4v) is 8.95. The van der Waals surface area contributed by atoms with Gasteiger partial charge in [0, 0.05) is 0 Å². The molecule has 0 fully saturated rings. The van der Waals surface area contributed by atoms with E-state index in [1.807, 2.05) is 0 Å². The Bertz CT molecular complexity index is 744. The minimum atomic E-state index is -3.59. The highest BCUT2D eigenvalue weighted by Gasteiger charge is 2.30. The Morgan fingerprint density at radius 2 is 0.558 bits per heavy atom. The number of unbranched alkanes of at least 4 members (excludes halogenated alkanes) is 11. The molecule has 8 nitrogen and oxygen atoms in total. The van der Waals surface area contributed by atoms with E-state index in [-0.39, 0.29) is 0 Å². The average Bonchev–Trinajstić information content (AvgIpc) is 3.15. The van der Waals surface area contributed by atoms with E-state index in [0.29, 0.717) is 63.3 Å². The van der Waals surface area contributed by atoms with E-state index >= 15 is 0 Å². The van der Waals surface area contributed by atoms with Gasteiger partial charge in [-0.3, -0.25) is 27.1 Å². The summed E-state index contributed by atoms with van der Waals surface area (Å²) >= 11 is 0. The van der Waals surface area contributed by atoms with Gasteiger partial charge in [-0.15, -0.1) is 0 Å². The summed E-state index contributed by atoms with van der Waals surface area (Å²) in [6.07, 6.45) is 25.8. The van der Waals surface area contributed by atoms with E-state index in [1.165, 1.54) is 0 Å². The second kappa shape index (κ2) is 35.6. The van der Waals surface area contributed by atoms with Crippen molar-refractivity contribution in [3.63, 3.8) is 0 Å². The molecule has 0 amide bonds. The minimum absolute atomic E-state index is 0.378. The molecule has 0 bridgehead atoms. The van der Waals surface area contributed by atoms with E-state index in [9.17, 15) is 9.13 Å². The number of phosphoric acid groups is 2. The second-order valence-corrected chi connectivity index (χ2v) is 18.6. The Morgan fingerprint density at radius 3 is 0.769 bits per heavy atom. The summed E-state index contributed by atoms with van der Waals surface area (Å²) in [7, 11) is -7.18. The van der Waals surface area contributed by atoms with Crippen LogP contribution in [0.25, 0.3) is 0 Å². The van der Waals surface area contributed by atoms with Crippen molar-refractivity contribution in [2.24, 2.45) is 23.7 Å². The topological polar surface area (TPSA) is 89.5 Å². The third-order valence-electron chi connectivity index (χ3n) is 10.6. The van der Waals surface area contributed by atoms with Crippen LogP contribution in [0, 0.1) is 23.7 Å². The highest BCUT2D eigenvalue weighted by atomic mass is 31.2. The molecule has 52 heavy (non-hydrogen) atoms. The molecule has 0 aliphatic rings. The van der Waals surface area contributed by atoms with Gasteiger partial charge in [-0.1, -0.05) is 171 Å². The lowest BCUT2D eigenvalue weighted by Crippen LogP contribution is -2.14. The molecule has 0 rings (SSSR count). The van der Waals surface area contributed by atoms with Gasteiger partial charge in [0.2, 0.25) is 0 Å². The summed E-state index contributed by atoms with van der Waals surface area (Å²) in [5, 5.41) is 0. The average molecular weight is 783 g/mol. The first-order valence-corrected chi connectivity index (χ1v) is 25.2. The van der Waals surface area contributed by atoms with Gasteiger partial charge in [0.15, 0.2) is 0 Å². The first-order valence-electron chi connectivity index (χ1n) is 22.2. The molecule has 0 aromatic carbocycles. The van der Waals surface area contributed by atoms with E-state index < -0.39 is 15.6 Å². The fraction of sp³-hybridized carbons (Fsp3) is 1.00. The molecule has 0 aromatic heterocycles. The first kappa shape index (κ1) is 52.2. The minimum Gasteiger partial charge on any atom is -0.287 e. The van der Waals surface area contributed by atoms with Gasteiger partial charge < -0.3 is 0 Å². The summed E-state index contributed by atoms with van der Waals surface area (Å²) in [4.78, 5) is 0. The van der Waals surface area contributed by atoms with Gasteiger partial charge in [-0.05, 0) is 62.2 Å². The van der Waals surface area contributed by atoms with Crippen LogP contribution in [-0.2, 0) is 36.3 Å². The summed E-state index contributed by atoms with van der Waals surface area (Å²) in [5.41, 5.74) is 0. The van der Waals surface area contributed by atoms with Crippen LogP contribution in [0.2, 0.25) is 0 Å². The zero-order valence-electron chi connectivity index (χ0n) is 35.7. The molecule has 0 saturated heterocycles.